The van der Waals surface area contributed by atoms with Crippen molar-refractivity contribution in [1.82, 2.24) is 0 Å². The molecule has 1 atom stereocenters. The van der Waals surface area contributed by atoms with Crippen LogP contribution in [-0.4, -0.2) is 43.0 Å². The quantitative estimate of drug-likeness (QED) is 0.237. The lowest BCUT2D eigenvalue weighted by Gasteiger charge is -2.35. The van der Waals surface area contributed by atoms with Gasteiger partial charge in [0.1, 0.15) is 6.61 Å². The number of carbonyl (C=O) groups is 2. The van der Waals surface area contributed by atoms with E-state index < -0.39 is 18.1 Å². The fraction of sp³-hybridized carbons (Fsp3) is 0.556. The van der Waals surface area contributed by atoms with E-state index in [1.165, 1.54) is 6.92 Å². The zero-order valence-electron chi connectivity index (χ0n) is 9.13. The largest absolute Gasteiger partial charge is 0.510 e. The topological polar surface area (TPSA) is 101 Å². The summed E-state index contributed by atoms with van der Waals surface area (Å²) in [5.41, 5.74) is 0.254. The summed E-state index contributed by atoms with van der Waals surface area (Å²) in [5, 5.41) is 8.40. The highest BCUT2D eigenvalue weighted by atomic mass is 17.3. The molecule has 1 aliphatic heterocycles. The lowest BCUT2D eigenvalue weighted by molar-refractivity contribution is -0.597. The summed E-state index contributed by atoms with van der Waals surface area (Å²) in [6, 6.07) is 0. The highest BCUT2D eigenvalue weighted by molar-refractivity contribution is 5.86. The van der Waals surface area contributed by atoms with Crippen molar-refractivity contribution in [3.63, 3.8) is 0 Å². The molecule has 1 fully saturated rings. The Morgan fingerprint density at radius 3 is 2.53 bits per heavy atom. The average molecular weight is 248 g/mol. The molecule has 1 aliphatic rings. The third kappa shape index (κ3) is 4.02. The van der Waals surface area contributed by atoms with E-state index in [4.69, 9.17) is 14.6 Å². The van der Waals surface area contributed by atoms with E-state index in [0.717, 1.165) is 0 Å². The molecule has 1 saturated heterocycles. The average Bonchev–Trinajstić information content (AvgIpc) is 2.19. The van der Waals surface area contributed by atoms with Crippen LogP contribution in [0.1, 0.15) is 6.92 Å². The molecule has 1 heterocycles. The van der Waals surface area contributed by atoms with Crippen LogP contribution < -0.4 is 0 Å². The first-order valence-electron chi connectivity index (χ1n) is 4.64. The molecule has 1 N–H and O–H groups in total. The summed E-state index contributed by atoms with van der Waals surface area (Å²) in [7, 11) is 0. The van der Waals surface area contributed by atoms with Crippen LogP contribution in [0.15, 0.2) is 12.2 Å². The van der Waals surface area contributed by atoms with E-state index >= 15 is 0 Å². The van der Waals surface area contributed by atoms with Crippen LogP contribution in [0.5, 0.6) is 0 Å². The first-order chi connectivity index (χ1) is 7.95. The first-order valence-corrected chi connectivity index (χ1v) is 4.64. The second kappa shape index (κ2) is 5.62. The van der Waals surface area contributed by atoms with Gasteiger partial charge in [0.15, 0.2) is 6.61 Å². The highest BCUT2D eigenvalue weighted by Crippen LogP contribution is 2.25. The molecule has 0 spiro atoms. The summed E-state index contributed by atoms with van der Waals surface area (Å²) in [6.45, 7) is 4.52. The summed E-state index contributed by atoms with van der Waals surface area (Å²) in [5.74, 6) is -2.32. The Morgan fingerprint density at radius 1 is 1.47 bits per heavy atom. The van der Waals surface area contributed by atoms with E-state index in [1.807, 2.05) is 0 Å². The maximum Gasteiger partial charge on any atom is 0.510 e. The first kappa shape index (κ1) is 13.4. The second-order valence-electron chi connectivity index (χ2n) is 3.16. The van der Waals surface area contributed by atoms with Crippen LogP contribution in [0.4, 0.5) is 4.79 Å². The molecule has 0 saturated carbocycles. The SMILES string of the molecule is C=C(C)C(=O)OCCOC1(OC(=O)O)COO1. The van der Waals surface area contributed by atoms with Gasteiger partial charge in [-0.2, -0.15) is 4.89 Å². The fourth-order valence-electron chi connectivity index (χ4n) is 0.885. The highest BCUT2D eigenvalue weighted by Gasteiger charge is 2.48. The lowest BCUT2D eigenvalue weighted by Crippen LogP contribution is -2.53. The Balaban J connectivity index is 2.23. The molecule has 17 heavy (non-hydrogen) atoms. The minimum absolute atomic E-state index is 0.0835. The number of ether oxygens (including phenoxy) is 3. The van der Waals surface area contributed by atoms with Gasteiger partial charge in [0.25, 0.3) is 0 Å². The van der Waals surface area contributed by atoms with Crippen molar-refractivity contribution in [3.05, 3.63) is 12.2 Å². The zero-order valence-corrected chi connectivity index (χ0v) is 9.13. The summed E-state index contributed by atoms with van der Waals surface area (Å²) in [4.78, 5) is 30.0. The minimum Gasteiger partial charge on any atom is -0.460 e. The predicted octanol–water partition coefficient (Wildman–Crippen LogP) is 0.433. The fourth-order valence-corrected chi connectivity index (χ4v) is 0.885. The number of hydrogen-bond acceptors (Lipinski definition) is 7. The normalized spacial score (nSPS) is 22.4. The third-order valence-electron chi connectivity index (χ3n) is 1.65. The summed E-state index contributed by atoms with van der Waals surface area (Å²) >= 11 is 0. The van der Waals surface area contributed by atoms with Gasteiger partial charge in [-0.05, 0) is 6.92 Å². The van der Waals surface area contributed by atoms with Crippen molar-refractivity contribution in [2.24, 2.45) is 0 Å². The number of esters is 1. The molecule has 0 bridgehead atoms. The van der Waals surface area contributed by atoms with Gasteiger partial charge in [-0.15, -0.1) is 0 Å². The molecule has 0 amide bonds. The molecule has 1 rings (SSSR count). The molecule has 8 nitrogen and oxygen atoms in total. The Kier molecular flexibility index (Phi) is 4.44. The molecular weight excluding hydrogens is 236 g/mol. The van der Waals surface area contributed by atoms with Gasteiger partial charge in [-0.1, -0.05) is 6.58 Å². The maximum absolute atomic E-state index is 11.0. The molecule has 96 valence electrons. The van der Waals surface area contributed by atoms with E-state index in [-0.39, 0.29) is 25.4 Å². The van der Waals surface area contributed by atoms with Crippen molar-refractivity contribution in [2.45, 2.75) is 12.9 Å². The molecule has 0 radical (unpaired) electrons. The second-order valence-corrected chi connectivity index (χ2v) is 3.16. The summed E-state index contributed by atoms with van der Waals surface area (Å²) < 4.78 is 14.0. The molecule has 8 heteroatoms. The van der Waals surface area contributed by atoms with Crippen LogP contribution >= 0.6 is 0 Å². The molecule has 1 unspecified atom stereocenters. The maximum atomic E-state index is 11.0. The molecule has 0 aromatic rings. The van der Waals surface area contributed by atoms with Gasteiger partial charge >= 0.3 is 18.1 Å². The van der Waals surface area contributed by atoms with Crippen LogP contribution in [0.2, 0.25) is 0 Å². The Morgan fingerprint density at radius 2 is 2.12 bits per heavy atom. The Bertz CT molecular complexity index is 319. The predicted molar refractivity (Wildman–Crippen MR) is 50.6 cm³/mol. The lowest BCUT2D eigenvalue weighted by atomic mass is 10.4. The van der Waals surface area contributed by atoms with E-state index in [2.05, 4.69) is 21.1 Å². The number of rotatable bonds is 6. The Labute approximate surface area is 96.6 Å². The van der Waals surface area contributed by atoms with Gasteiger partial charge in [0, 0.05) is 5.57 Å². The third-order valence-corrected chi connectivity index (χ3v) is 1.65. The van der Waals surface area contributed by atoms with Crippen molar-refractivity contribution in [2.75, 3.05) is 19.8 Å². The molecule has 0 aromatic carbocycles. The van der Waals surface area contributed by atoms with Gasteiger partial charge in [-0.3, -0.25) is 0 Å². The van der Waals surface area contributed by atoms with Crippen molar-refractivity contribution in [3.8, 4) is 0 Å². The van der Waals surface area contributed by atoms with E-state index in [1.54, 1.807) is 0 Å². The standard InChI is InChI=1S/C9H12O8/c1-6(2)7(10)13-3-4-14-9(5-15-17-9)16-8(11)12/h1,3-5H2,2H3,(H,11,12). The monoisotopic (exact) mass is 248 g/mol. The van der Waals surface area contributed by atoms with Crippen molar-refractivity contribution >= 4 is 12.1 Å². The van der Waals surface area contributed by atoms with E-state index in [0.29, 0.717) is 0 Å². The van der Waals surface area contributed by atoms with Crippen LogP contribution in [0.25, 0.3) is 0 Å². The van der Waals surface area contributed by atoms with Crippen LogP contribution in [-0.2, 0) is 28.8 Å². The molecule has 0 aromatic heterocycles. The number of carboxylic acid groups (broad SMARTS) is 1. The van der Waals surface area contributed by atoms with Crippen molar-refractivity contribution < 1.29 is 38.7 Å². The Hall–Kier alpha value is -1.64. The van der Waals surface area contributed by atoms with Crippen molar-refractivity contribution in [1.29, 1.82) is 0 Å². The van der Waals surface area contributed by atoms with Crippen LogP contribution in [0, 0.1) is 0 Å². The van der Waals surface area contributed by atoms with Gasteiger partial charge in [0.05, 0.1) is 6.61 Å². The molecular formula is C9H12O8. The number of hydrogen-bond donors (Lipinski definition) is 1. The van der Waals surface area contributed by atoms with Gasteiger partial charge < -0.3 is 19.3 Å². The van der Waals surface area contributed by atoms with Crippen LogP contribution in [0.3, 0.4) is 0 Å². The summed E-state index contributed by atoms with van der Waals surface area (Å²) in [6.07, 6.45) is -1.56. The van der Waals surface area contributed by atoms with Gasteiger partial charge in [0.2, 0.25) is 0 Å². The van der Waals surface area contributed by atoms with E-state index in [9.17, 15) is 9.59 Å². The van der Waals surface area contributed by atoms with Gasteiger partial charge in [-0.25, -0.2) is 14.5 Å². The zero-order chi connectivity index (χ0) is 12.9. The molecule has 0 aliphatic carbocycles. The number of carbonyl (C=O) groups excluding carboxylic acids is 1. The minimum atomic E-state index is -1.76. The smallest absolute Gasteiger partial charge is 0.460 e.